The first-order valence-electron chi connectivity index (χ1n) is 6.66. The van der Waals surface area contributed by atoms with Gasteiger partial charge in [0, 0.05) is 13.7 Å². The molecule has 1 aliphatic rings. The first-order valence-corrected chi connectivity index (χ1v) is 7.04. The highest BCUT2D eigenvalue weighted by Gasteiger charge is 2.42. The van der Waals surface area contributed by atoms with E-state index in [4.69, 9.17) is 22.1 Å². The van der Waals surface area contributed by atoms with Crippen LogP contribution < -0.4 is 5.73 Å². The van der Waals surface area contributed by atoms with Crippen molar-refractivity contribution in [1.82, 2.24) is 9.78 Å². The third-order valence-corrected chi connectivity index (χ3v) is 4.28. The summed E-state index contributed by atoms with van der Waals surface area (Å²) in [5.41, 5.74) is 7.10. The Morgan fingerprint density at radius 3 is 2.78 bits per heavy atom. The van der Waals surface area contributed by atoms with E-state index in [1.807, 2.05) is 4.68 Å². The number of rotatable bonds is 5. The number of hydrogen-bond donors (Lipinski definition) is 1. The van der Waals surface area contributed by atoms with Crippen molar-refractivity contribution in [3.63, 3.8) is 0 Å². The lowest BCUT2D eigenvalue weighted by molar-refractivity contribution is -0.0284. The minimum Gasteiger partial charge on any atom is -0.376 e. The molecule has 1 atom stereocenters. The Bertz CT molecular complexity index is 399. The van der Waals surface area contributed by atoms with Gasteiger partial charge in [-0.25, -0.2) is 0 Å². The Morgan fingerprint density at radius 2 is 2.22 bits per heavy atom. The normalized spacial score (nSPS) is 20.2. The highest BCUT2D eigenvalue weighted by Crippen LogP contribution is 2.42. The third-order valence-electron chi connectivity index (χ3n) is 3.99. The van der Waals surface area contributed by atoms with Crippen molar-refractivity contribution in [2.24, 2.45) is 5.73 Å². The van der Waals surface area contributed by atoms with E-state index in [9.17, 15) is 0 Å². The van der Waals surface area contributed by atoms with Crippen LogP contribution in [0.15, 0.2) is 6.20 Å². The highest BCUT2D eigenvalue weighted by molar-refractivity contribution is 6.31. The van der Waals surface area contributed by atoms with Crippen LogP contribution in [0.2, 0.25) is 5.02 Å². The second-order valence-electron chi connectivity index (χ2n) is 5.05. The summed E-state index contributed by atoms with van der Waals surface area (Å²) < 4.78 is 7.67. The number of ether oxygens (including phenoxy) is 1. The zero-order valence-corrected chi connectivity index (χ0v) is 11.9. The van der Waals surface area contributed by atoms with Crippen LogP contribution in [0.4, 0.5) is 0 Å². The topological polar surface area (TPSA) is 53.1 Å². The Balaban J connectivity index is 2.32. The number of halogens is 1. The Labute approximate surface area is 113 Å². The van der Waals surface area contributed by atoms with Crippen molar-refractivity contribution in [2.75, 3.05) is 7.11 Å². The van der Waals surface area contributed by atoms with Crippen LogP contribution in [-0.2, 0) is 11.3 Å². The molecule has 1 aromatic rings. The second-order valence-corrected chi connectivity index (χ2v) is 5.46. The number of aryl methyl sites for hydroxylation is 1. The van der Waals surface area contributed by atoms with Crippen LogP contribution in [0, 0.1) is 0 Å². The molecule has 1 aromatic heterocycles. The summed E-state index contributed by atoms with van der Waals surface area (Å²) in [7, 11) is 1.75. The van der Waals surface area contributed by atoms with Gasteiger partial charge in [0.15, 0.2) is 0 Å². The van der Waals surface area contributed by atoms with Gasteiger partial charge in [0.25, 0.3) is 0 Å². The molecule has 1 aliphatic carbocycles. The molecule has 2 rings (SSSR count). The average molecular weight is 272 g/mol. The summed E-state index contributed by atoms with van der Waals surface area (Å²) >= 11 is 6.25. The smallest absolute Gasteiger partial charge is 0.0886 e. The van der Waals surface area contributed by atoms with E-state index >= 15 is 0 Å². The van der Waals surface area contributed by atoms with Crippen molar-refractivity contribution in [3.8, 4) is 0 Å². The van der Waals surface area contributed by atoms with Gasteiger partial charge in [0.05, 0.1) is 28.6 Å². The largest absolute Gasteiger partial charge is 0.376 e. The summed E-state index contributed by atoms with van der Waals surface area (Å²) in [5, 5.41) is 4.96. The van der Waals surface area contributed by atoms with Gasteiger partial charge in [-0.05, 0) is 19.3 Å². The minimum absolute atomic E-state index is 0.202. The molecule has 1 unspecified atom stereocenters. The first-order chi connectivity index (χ1) is 8.64. The molecule has 4 nitrogen and oxygen atoms in total. The van der Waals surface area contributed by atoms with Gasteiger partial charge < -0.3 is 10.5 Å². The molecule has 102 valence electrons. The first kappa shape index (κ1) is 13.8. The fraction of sp³-hybridized carbons (Fsp3) is 0.769. The quantitative estimate of drug-likeness (QED) is 0.896. The van der Waals surface area contributed by atoms with E-state index < -0.39 is 0 Å². The molecule has 1 heterocycles. The highest BCUT2D eigenvalue weighted by atomic mass is 35.5. The van der Waals surface area contributed by atoms with Crippen LogP contribution in [0.1, 0.15) is 50.8 Å². The summed E-state index contributed by atoms with van der Waals surface area (Å²) in [5.74, 6) is 0. The van der Waals surface area contributed by atoms with E-state index in [0.29, 0.717) is 5.02 Å². The van der Waals surface area contributed by atoms with Crippen molar-refractivity contribution in [3.05, 3.63) is 16.9 Å². The lowest BCUT2D eigenvalue weighted by Crippen LogP contribution is -2.41. The van der Waals surface area contributed by atoms with Gasteiger partial charge in [-0.1, -0.05) is 31.4 Å². The molecule has 0 saturated heterocycles. The zero-order chi connectivity index (χ0) is 13.2. The molecule has 18 heavy (non-hydrogen) atoms. The molecular weight excluding hydrogens is 250 g/mol. The maximum atomic E-state index is 6.45. The van der Waals surface area contributed by atoms with Crippen LogP contribution in [0.25, 0.3) is 0 Å². The van der Waals surface area contributed by atoms with Crippen LogP contribution in [0.3, 0.4) is 0 Å². The Hall–Kier alpha value is -0.580. The standard InChI is InChI=1S/C13H22ClN3O/c1-3-8-17-11(10(14)9-16-17)12(15)13(18-2)6-4-5-7-13/h9,12H,3-8,15H2,1-2H3. The van der Waals surface area contributed by atoms with Crippen LogP contribution in [0.5, 0.6) is 0 Å². The number of aromatic nitrogens is 2. The number of methoxy groups -OCH3 is 1. The molecule has 2 N–H and O–H groups in total. The molecule has 1 saturated carbocycles. The SMILES string of the molecule is CCCn1ncc(Cl)c1C(N)C1(OC)CCCC1. The summed E-state index contributed by atoms with van der Waals surface area (Å²) in [6.07, 6.45) is 7.03. The second kappa shape index (κ2) is 5.59. The molecule has 0 aliphatic heterocycles. The lowest BCUT2D eigenvalue weighted by atomic mass is 9.90. The zero-order valence-electron chi connectivity index (χ0n) is 11.2. The summed E-state index contributed by atoms with van der Waals surface area (Å²) in [6.45, 7) is 2.96. The maximum Gasteiger partial charge on any atom is 0.0886 e. The van der Waals surface area contributed by atoms with E-state index in [1.54, 1.807) is 13.3 Å². The third kappa shape index (κ3) is 2.29. The molecule has 5 heteroatoms. The summed E-state index contributed by atoms with van der Waals surface area (Å²) in [6, 6.07) is -0.202. The van der Waals surface area contributed by atoms with Crippen molar-refractivity contribution in [1.29, 1.82) is 0 Å². The van der Waals surface area contributed by atoms with Gasteiger partial charge in [-0.15, -0.1) is 0 Å². The Morgan fingerprint density at radius 1 is 1.56 bits per heavy atom. The molecule has 0 radical (unpaired) electrons. The van der Waals surface area contributed by atoms with Gasteiger partial charge in [0.2, 0.25) is 0 Å². The van der Waals surface area contributed by atoms with Crippen LogP contribution in [-0.4, -0.2) is 22.5 Å². The van der Waals surface area contributed by atoms with E-state index in [1.165, 1.54) is 12.8 Å². The van der Waals surface area contributed by atoms with Crippen molar-refractivity contribution >= 4 is 11.6 Å². The monoisotopic (exact) mass is 271 g/mol. The fourth-order valence-corrected chi connectivity index (χ4v) is 3.19. The van der Waals surface area contributed by atoms with Crippen LogP contribution >= 0.6 is 11.6 Å². The van der Waals surface area contributed by atoms with E-state index in [2.05, 4.69) is 12.0 Å². The molecule has 0 amide bonds. The number of nitrogens with zero attached hydrogens (tertiary/aromatic N) is 2. The molecular formula is C13H22ClN3O. The van der Waals surface area contributed by atoms with Gasteiger partial charge >= 0.3 is 0 Å². The van der Waals surface area contributed by atoms with E-state index in [0.717, 1.165) is 31.5 Å². The molecule has 1 fully saturated rings. The maximum absolute atomic E-state index is 6.45. The minimum atomic E-state index is -0.269. The molecule has 0 aromatic carbocycles. The van der Waals surface area contributed by atoms with E-state index in [-0.39, 0.29) is 11.6 Å². The molecule has 0 spiro atoms. The van der Waals surface area contributed by atoms with Gasteiger partial charge in [-0.3, -0.25) is 4.68 Å². The average Bonchev–Trinajstić information content (AvgIpc) is 2.97. The number of hydrogen-bond acceptors (Lipinski definition) is 3. The Kier molecular flexibility index (Phi) is 4.30. The predicted molar refractivity (Wildman–Crippen MR) is 72.7 cm³/mol. The molecule has 0 bridgehead atoms. The van der Waals surface area contributed by atoms with Gasteiger partial charge in [0.1, 0.15) is 0 Å². The van der Waals surface area contributed by atoms with Crippen molar-refractivity contribution in [2.45, 2.75) is 57.2 Å². The van der Waals surface area contributed by atoms with Gasteiger partial charge in [-0.2, -0.15) is 5.10 Å². The fourth-order valence-electron chi connectivity index (χ4n) is 2.94. The predicted octanol–water partition coefficient (Wildman–Crippen LogP) is 2.91. The lowest BCUT2D eigenvalue weighted by Gasteiger charge is -2.34. The number of nitrogens with two attached hydrogens (primary N) is 1. The summed E-state index contributed by atoms with van der Waals surface area (Å²) in [4.78, 5) is 0. The van der Waals surface area contributed by atoms with Crippen molar-refractivity contribution < 1.29 is 4.74 Å².